The fourth-order valence-electron chi connectivity index (χ4n) is 2.94. The van der Waals surface area contributed by atoms with E-state index in [1.807, 2.05) is 12.1 Å². The first-order valence-electron chi connectivity index (χ1n) is 7.17. The normalized spacial score (nSPS) is 16.8. The largest absolute Gasteiger partial charge is 0.352 e. The van der Waals surface area contributed by atoms with Crippen molar-refractivity contribution in [1.29, 1.82) is 5.26 Å². The summed E-state index contributed by atoms with van der Waals surface area (Å²) < 4.78 is 0. The molecule has 0 saturated heterocycles. The predicted octanol–water partition coefficient (Wildman–Crippen LogP) is 4.11. The fraction of sp³-hybridized carbons (Fsp3) is 0.278. The van der Waals surface area contributed by atoms with Crippen molar-refractivity contribution >= 4 is 17.1 Å². The van der Waals surface area contributed by atoms with Gasteiger partial charge in [-0.25, -0.2) is 0 Å². The highest BCUT2D eigenvalue weighted by molar-refractivity contribution is 5.87. The number of rotatable bonds is 1. The van der Waals surface area contributed by atoms with E-state index in [-0.39, 0.29) is 6.17 Å². The van der Waals surface area contributed by atoms with Crippen LogP contribution in [0.1, 0.15) is 23.6 Å². The fourth-order valence-corrected chi connectivity index (χ4v) is 2.94. The Morgan fingerprint density at radius 3 is 2.52 bits per heavy atom. The van der Waals surface area contributed by atoms with Crippen LogP contribution in [-0.4, -0.2) is 13.2 Å². The van der Waals surface area contributed by atoms with Gasteiger partial charge in [0, 0.05) is 12.7 Å². The van der Waals surface area contributed by atoms with E-state index in [2.05, 4.69) is 68.0 Å². The molecule has 106 valence electrons. The summed E-state index contributed by atoms with van der Waals surface area (Å²) in [6.45, 7) is 6.41. The van der Waals surface area contributed by atoms with Gasteiger partial charge in [-0.2, -0.15) is 5.26 Å². The molecule has 0 spiro atoms. The first kappa shape index (κ1) is 13.5. The van der Waals surface area contributed by atoms with Gasteiger partial charge in [-0.15, -0.1) is 0 Å². The van der Waals surface area contributed by atoms with Crippen LogP contribution in [0.15, 0.2) is 36.4 Å². The van der Waals surface area contributed by atoms with Crippen LogP contribution in [0.25, 0.3) is 0 Å². The van der Waals surface area contributed by atoms with E-state index in [0.29, 0.717) is 0 Å². The van der Waals surface area contributed by atoms with Crippen molar-refractivity contribution in [1.82, 2.24) is 0 Å². The molecule has 0 radical (unpaired) electrons. The quantitative estimate of drug-likeness (QED) is 0.786. The van der Waals surface area contributed by atoms with Gasteiger partial charge in [0.1, 0.15) is 12.2 Å². The average molecular weight is 277 g/mol. The van der Waals surface area contributed by atoms with Crippen LogP contribution in [0.4, 0.5) is 17.1 Å². The van der Waals surface area contributed by atoms with E-state index >= 15 is 0 Å². The third kappa shape index (κ3) is 1.95. The lowest BCUT2D eigenvalue weighted by Gasteiger charge is -2.28. The van der Waals surface area contributed by atoms with E-state index in [4.69, 9.17) is 0 Å². The number of anilines is 3. The third-order valence-electron chi connectivity index (χ3n) is 4.46. The maximum atomic E-state index is 9.44. The summed E-state index contributed by atoms with van der Waals surface area (Å²) in [5.41, 5.74) is 6.54. The molecule has 0 aliphatic carbocycles. The molecule has 0 fully saturated rings. The highest BCUT2D eigenvalue weighted by Gasteiger charge is 2.33. The minimum atomic E-state index is 0.191. The van der Waals surface area contributed by atoms with Crippen molar-refractivity contribution in [3.05, 3.63) is 53.1 Å². The first-order valence-corrected chi connectivity index (χ1v) is 7.17. The SMILES string of the molecule is Cc1ccc(N2c3c(C#N)cccc3N(C)[C@@H]2C)cc1C. The molecule has 0 bridgehead atoms. The number of aryl methyl sites for hydroxylation is 2. The predicted molar refractivity (Wildman–Crippen MR) is 87.1 cm³/mol. The molecule has 3 nitrogen and oxygen atoms in total. The molecule has 0 N–H and O–H groups in total. The van der Waals surface area contributed by atoms with Crippen LogP contribution in [0.2, 0.25) is 0 Å². The van der Waals surface area contributed by atoms with Crippen LogP contribution in [-0.2, 0) is 0 Å². The van der Waals surface area contributed by atoms with Crippen molar-refractivity contribution in [2.45, 2.75) is 26.9 Å². The lowest BCUT2D eigenvalue weighted by Crippen LogP contribution is -2.35. The second kappa shape index (κ2) is 4.82. The Bertz CT molecular complexity index is 743. The average Bonchev–Trinajstić information content (AvgIpc) is 2.74. The summed E-state index contributed by atoms with van der Waals surface area (Å²) in [5.74, 6) is 0. The number of para-hydroxylation sites is 1. The first-order chi connectivity index (χ1) is 10.0. The second-order valence-electron chi connectivity index (χ2n) is 5.67. The minimum absolute atomic E-state index is 0.191. The van der Waals surface area contributed by atoms with Gasteiger partial charge in [0.25, 0.3) is 0 Å². The Balaban J connectivity index is 2.21. The molecule has 21 heavy (non-hydrogen) atoms. The van der Waals surface area contributed by atoms with E-state index in [1.165, 1.54) is 11.1 Å². The molecule has 0 aromatic heterocycles. The number of hydrogen-bond donors (Lipinski definition) is 0. The molecular formula is C18H19N3. The van der Waals surface area contributed by atoms with Crippen molar-refractivity contribution in [2.75, 3.05) is 16.8 Å². The number of benzene rings is 2. The molecule has 3 heteroatoms. The molecule has 3 rings (SSSR count). The number of fused-ring (bicyclic) bond motifs is 1. The number of hydrogen-bond acceptors (Lipinski definition) is 3. The van der Waals surface area contributed by atoms with Gasteiger partial charge in [0.15, 0.2) is 0 Å². The van der Waals surface area contributed by atoms with Crippen LogP contribution in [0, 0.1) is 25.2 Å². The number of nitrogens with zero attached hydrogens (tertiary/aromatic N) is 3. The molecule has 1 heterocycles. The van der Waals surface area contributed by atoms with Crippen molar-refractivity contribution in [3.8, 4) is 6.07 Å². The van der Waals surface area contributed by atoms with E-state index in [1.54, 1.807) is 0 Å². The van der Waals surface area contributed by atoms with Crippen molar-refractivity contribution in [2.24, 2.45) is 0 Å². The molecule has 2 aromatic rings. The second-order valence-corrected chi connectivity index (χ2v) is 5.67. The topological polar surface area (TPSA) is 30.3 Å². The van der Waals surface area contributed by atoms with Gasteiger partial charge in [-0.1, -0.05) is 12.1 Å². The Morgan fingerprint density at radius 1 is 1.10 bits per heavy atom. The lowest BCUT2D eigenvalue weighted by molar-refractivity contribution is 0.733. The lowest BCUT2D eigenvalue weighted by atomic mass is 10.1. The molecule has 0 saturated carbocycles. The Labute approximate surface area is 126 Å². The summed E-state index contributed by atoms with van der Waals surface area (Å²) in [7, 11) is 2.08. The maximum Gasteiger partial charge on any atom is 0.103 e. The standard InChI is InChI=1S/C18H19N3/c1-12-8-9-16(10-13(12)2)21-14(3)20(4)17-7-5-6-15(11-19)18(17)21/h5-10,14H,1-4H3/t14-/m0/s1. The zero-order valence-electron chi connectivity index (χ0n) is 12.9. The molecule has 1 aliphatic heterocycles. The molecule has 1 aliphatic rings. The maximum absolute atomic E-state index is 9.44. The Kier molecular flexibility index (Phi) is 3.10. The van der Waals surface area contributed by atoms with Crippen LogP contribution >= 0.6 is 0 Å². The van der Waals surface area contributed by atoms with Gasteiger partial charge in [-0.3, -0.25) is 0 Å². The summed E-state index contributed by atoms with van der Waals surface area (Å²) in [4.78, 5) is 4.46. The minimum Gasteiger partial charge on any atom is -0.352 e. The molecule has 1 atom stereocenters. The highest BCUT2D eigenvalue weighted by Crippen LogP contribution is 2.45. The van der Waals surface area contributed by atoms with Crippen LogP contribution < -0.4 is 9.80 Å². The molecule has 0 unspecified atom stereocenters. The van der Waals surface area contributed by atoms with Gasteiger partial charge in [0.05, 0.1) is 16.9 Å². The van der Waals surface area contributed by atoms with Gasteiger partial charge < -0.3 is 9.80 Å². The van der Waals surface area contributed by atoms with E-state index in [0.717, 1.165) is 22.6 Å². The monoisotopic (exact) mass is 277 g/mol. The summed E-state index contributed by atoms with van der Waals surface area (Å²) in [6.07, 6.45) is 0.191. The molecule has 2 aromatic carbocycles. The van der Waals surface area contributed by atoms with Gasteiger partial charge >= 0.3 is 0 Å². The third-order valence-corrected chi connectivity index (χ3v) is 4.46. The molecular weight excluding hydrogens is 258 g/mol. The zero-order chi connectivity index (χ0) is 15.1. The molecule has 0 amide bonds. The van der Waals surface area contributed by atoms with Gasteiger partial charge in [0.2, 0.25) is 0 Å². The van der Waals surface area contributed by atoms with Crippen LogP contribution in [0.3, 0.4) is 0 Å². The zero-order valence-corrected chi connectivity index (χ0v) is 12.9. The van der Waals surface area contributed by atoms with Crippen LogP contribution in [0.5, 0.6) is 0 Å². The summed E-state index contributed by atoms with van der Waals surface area (Å²) in [5, 5.41) is 9.44. The van der Waals surface area contributed by atoms with Gasteiger partial charge in [-0.05, 0) is 56.2 Å². The smallest absolute Gasteiger partial charge is 0.103 e. The summed E-state index contributed by atoms with van der Waals surface area (Å²) in [6, 6.07) is 14.7. The van der Waals surface area contributed by atoms with Crippen molar-refractivity contribution < 1.29 is 0 Å². The van der Waals surface area contributed by atoms with E-state index < -0.39 is 0 Å². The van der Waals surface area contributed by atoms with Crippen molar-refractivity contribution in [3.63, 3.8) is 0 Å². The Morgan fingerprint density at radius 2 is 1.86 bits per heavy atom. The van der Waals surface area contributed by atoms with E-state index in [9.17, 15) is 5.26 Å². The number of nitriles is 1. The summed E-state index contributed by atoms with van der Waals surface area (Å²) >= 11 is 0. The Hall–Kier alpha value is -2.47. The highest BCUT2D eigenvalue weighted by atomic mass is 15.4.